The number of halogens is 4. The second-order valence-electron chi connectivity index (χ2n) is 3.52. The van der Waals surface area contributed by atoms with Gasteiger partial charge in [0.2, 0.25) is 0 Å². The molecule has 1 aromatic carbocycles. The quantitative estimate of drug-likeness (QED) is 0.854. The van der Waals surface area contributed by atoms with Crippen molar-refractivity contribution in [1.82, 2.24) is 4.98 Å². The van der Waals surface area contributed by atoms with Crippen molar-refractivity contribution in [1.29, 1.82) is 0 Å². The zero-order valence-electron chi connectivity index (χ0n) is 9.25. The number of hydrogen-bond donors (Lipinski definition) is 1. The van der Waals surface area contributed by atoms with Gasteiger partial charge in [0.25, 0.3) is 5.91 Å². The Kier molecular flexibility index (Phi) is 3.97. The SMILES string of the molecule is O=C(Nc1c(F)cccc1F)c1nc(Cl)ccc1Cl. The van der Waals surface area contributed by atoms with E-state index in [9.17, 15) is 13.6 Å². The van der Waals surface area contributed by atoms with Crippen LogP contribution in [0.1, 0.15) is 10.5 Å². The summed E-state index contributed by atoms with van der Waals surface area (Å²) in [6, 6.07) is 5.98. The summed E-state index contributed by atoms with van der Waals surface area (Å²) in [6.45, 7) is 0. The van der Waals surface area contributed by atoms with Gasteiger partial charge in [-0.05, 0) is 24.3 Å². The van der Waals surface area contributed by atoms with Crippen molar-refractivity contribution in [2.24, 2.45) is 0 Å². The van der Waals surface area contributed by atoms with Crippen molar-refractivity contribution in [2.75, 3.05) is 5.32 Å². The number of benzene rings is 1. The van der Waals surface area contributed by atoms with E-state index in [2.05, 4.69) is 10.3 Å². The number of pyridine rings is 1. The van der Waals surface area contributed by atoms with Crippen LogP contribution in [0.3, 0.4) is 0 Å². The van der Waals surface area contributed by atoms with Crippen molar-refractivity contribution in [3.8, 4) is 0 Å². The Hall–Kier alpha value is -1.72. The minimum Gasteiger partial charge on any atom is -0.316 e. The smallest absolute Gasteiger partial charge is 0.276 e. The number of carbonyl (C=O) groups is 1. The van der Waals surface area contributed by atoms with Crippen LogP contribution < -0.4 is 5.32 Å². The van der Waals surface area contributed by atoms with Crippen LogP contribution in [0.25, 0.3) is 0 Å². The molecule has 2 rings (SSSR count). The van der Waals surface area contributed by atoms with Gasteiger partial charge in [0.05, 0.1) is 5.02 Å². The summed E-state index contributed by atoms with van der Waals surface area (Å²) >= 11 is 11.4. The number of nitrogens with zero attached hydrogens (tertiary/aromatic N) is 1. The van der Waals surface area contributed by atoms with Crippen molar-refractivity contribution >= 4 is 34.8 Å². The van der Waals surface area contributed by atoms with Crippen LogP contribution in [-0.2, 0) is 0 Å². The zero-order chi connectivity index (χ0) is 14.0. The average Bonchev–Trinajstić information content (AvgIpc) is 2.37. The predicted octanol–water partition coefficient (Wildman–Crippen LogP) is 3.92. The Morgan fingerprint density at radius 1 is 1.11 bits per heavy atom. The van der Waals surface area contributed by atoms with Gasteiger partial charge in [-0.3, -0.25) is 4.79 Å². The van der Waals surface area contributed by atoms with E-state index in [1.54, 1.807) is 0 Å². The maximum Gasteiger partial charge on any atom is 0.276 e. The molecule has 1 amide bonds. The third-order valence-electron chi connectivity index (χ3n) is 2.23. The number of para-hydroxylation sites is 1. The molecule has 0 saturated carbocycles. The van der Waals surface area contributed by atoms with Crippen LogP contribution in [0.15, 0.2) is 30.3 Å². The number of rotatable bonds is 2. The van der Waals surface area contributed by atoms with Gasteiger partial charge < -0.3 is 5.32 Å². The summed E-state index contributed by atoms with van der Waals surface area (Å²) in [5.41, 5.74) is -0.776. The first-order valence-electron chi connectivity index (χ1n) is 5.06. The fraction of sp³-hybridized carbons (Fsp3) is 0. The van der Waals surface area contributed by atoms with Crippen LogP contribution in [-0.4, -0.2) is 10.9 Å². The van der Waals surface area contributed by atoms with Crippen LogP contribution in [0.4, 0.5) is 14.5 Å². The van der Waals surface area contributed by atoms with Crippen molar-refractivity contribution in [3.05, 3.63) is 57.8 Å². The molecule has 0 radical (unpaired) electrons. The number of carbonyl (C=O) groups excluding carboxylic acids is 1. The van der Waals surface area contributed by atoms with Crippen molar-refractivity contribution < 1.29 is 13.6 Å². The average molecular weight is 303 g/mol. The molecular weight excluding hydrogens is 297 g/mol. The van der Waals surface area contributed by atoms with Gasteiger partial charge in [-0.1, -0.05) is 29.3 Å². The molecule has 98 valence electrons. The third-order valence-corrected chi connectivity index (χ3v) is 2.74. The minimum atomic E-state index is -0.897. The first kappa shape index (κ1) is 13.7. The Balaban J connectivity index is 2.34. The maximum atomic E-state index is 13.4. The molecule has 0 fully saturated rings. The lowest BCUT2D eigenvalue weighted by atomic mass is 10.2. The highest BCUT2D eigenvalue weighted by Gasteiger charge is 2.17. The number of hydrogen-bond acceptors (Lipinski definition) is 2. The molecule has 0 saturated heterocycles. The molecular formula is C12H6Cl2F2N2O. The van der Waals surface area contributed by atoms with Crippen LogP contribution in [0, 0.1) is 11.6 Å². The van der Waals surface area contributed by atoms with Gasteiger partial charge in [-0.25, -0.2) is 13.8 Å². The highest BCUT2D eigenvalue weighted by atomic mass is 35.5. The summed E-state index contributed by atoms with van der Waals surface area (Å²) in [4.78, 5) is 15.5. The molecule has 2 aromatic rings. The van der Waals surface area contributed by atoms with Crippen LogP contribution >= 0.6 is 23.2 Å². The van der Waals surface area contributed by atoms with Gasteiger partial charge in [0.1, 0.15) is 28.2 Å². The molecule has 0 aliphatic rings. The fourth-order valence-electron chi connectivity index (χ4n) is 1.37. The van der Waals surface area contributed by atoms with E-state index in [-0.39, 0.29) is 15.9 Å². The number of aromatic nitrogens is 1. The molecule has 0 bridgehead atoms. The largest absolute Gasteiger partial charge is 0.316 e. The summed E-state index contributed by atoms with van der Waals surface area (Å²) < 4.78 is 26.7. The lowest BCUT2D eigenvalue weighted by molar-refractivity contribution is 0.102. The predicted molar refractivity (Wildman–Crippen MR) is 68.6 cm³/mol. The second kappa shape index (κ2) is 5.50. The molecule has 0 atom stereocenters. The van der Waals surface area contributed by atoms with Crippen molar-refractivity contribution in [3.63, 3.8) is 0 Å². The number of amides is 1. The normalized spacial score (nSPS) is 10.3. The third kappa shape index (κ3) is 3.00. The first-order chi connectivity index (χ1) is 8.99. The van der Waals surface area contributed by atoms with Gasteiger partial charge in [0, 0.05) is 0 Å². The molecule has 3 nitrogen and oxygen atoms in total. The molecule has 0 unspecified atom stereocenters. The van der Waals surface area contributed by atoms with E-state index in [1.165, 1.54) is 18.2 Å². The molecule has 1 heterocycles. The highest BCUT2D eigenvalue weighted by molar-refractivity contribution is 6.35. The Morgan fingerprint density at radius 3 is 2.37 bits per heavy atom. The second-order valence-corrected chi connectivity index (χ2v) is 4.31. The summed E-state index contributed by atoms with van der Waals surface area (Å²) in [5.74, 6) is -2.64. The number of nitrogens with one attached hydrogen (secondary N) is 1. The fourth-order valence-corrected chi connectivity index (χ4v) is 1.71. The summed E-state index contributed by atoms with van der Waals surface area (Å²) in [7, 11) is 0. The van der Waals surface area contributed by atoms with Gasteiger partial charge in [-0.2, -0.15) is 0 Å². The minimum absolute atomic E-state index is 0.0265. The summed E-state index contributed by atoms with van der Waals surface area (Å²) in [6.07, 6.45) is 0. The lowest BCUT2D eigenvalue weighted by Gasteiger charge is -2.08. The Labute approximate surface area is 117 Å². The van der Waals surface area contributed by atoms with Crippen LogP contribution in [0.2, 0.25) is 10.2 Å². The van der Waals surface area contributed by atoms with Gasteiger partial charge >= 0.3 is 0 Å². The Bertz CT molecular complexity index is 629. The van der Waals surface area contributed by atoms with E-state index in [4.69, 9.17) is 23.2 Å². The van der Waals surface area contributed by atoms with Crippen LogP contribution in [0.5, 0.6) is 0 Å². The van der Waals surface area contributed by atoms with Gasteiger partial charge in [0.15, 0.2) is 0 Å². The molecule has 7 heteroatoms. The first-order valence-corrected chi connectivity index (χ1v) is 5.82. The molecule has 0 spiro atoms. The standard InChI is InChI=1S/C12H6Cl2F2N2O/c13-6-4-5-9(14)17-10(6)12(19)18-11-7(15)2-1-3-8(11)16/h1-5H,(H,18,19). The maximum absolute atomic E-state index is 13.4. The summed E-state index contributed by atoms with van der Waals surface area (Å²) in [5, 5.41) is 2.14. The zero-order valence-corrected chi connectivity index (χ0v) is 10.8. The molecule has 0 aliphatic heterocycles. The van der Waals surface area contributed by atoms with Crippen molar-refractivity contribution in [2.45, 2.75) is 0 Å². The van der Waals surface area contributed by atoms with E-state index in [0.717, 1.165) is 12.1 Å². The number of anilines is 1. The molecule has 19 heavy (non-hydrogen) atoms. The Morgan fingerprint density at radius 2 is 1.74 bits per heavy atom. The van der Waals surface area contributed by atoms with E-state index in [0.29, 0.717) is 0 Å². The van der Waals surface area contributed by atoms with E-state index in [1.807, 2.05) is 0 Å². The topological polar surface area (TPSA) is 42.0 Å². The van der Waals surface area contributed by atoms with Gasteiger partial charge in [-0.15, -0.1) is 0 Å². The molecule has 0 aliphatic carbocycles. The molecule has 1 N–H and O–H groups in total. The highest BCUT2D eigenvalue weighted by Crippen LogP contribution is 2.21. The lowest BCUT2D eigenvalue weighted by Crippen LogP contribution is -2.16. The van der Waals surface area contributed by atoms with E-state index >= 15 is 0 Å². The van der Waals surface area contributed by atoms with E-state index < -0.39 is 23.2 Å². The monoisotopic (exact) mass is 302 g/mol. The molecule has 1 aromatic heterocycles.